The average molecular weight is 321 g/mol. The first kappa shape index (κ1) is 16.1. The van der Waals surface area contributed by atoms with E-state index in [0.29, 0.717) is 25.1 Å². The Kier molecular flexibility index (Phi) is 4.46. The minimum Gasteiger partial charge on any atom is -0.392 e. The van der Waals surface area contributed by atoms with Gasteiger partial charge in [-0.05, 0) is 44.5 Å². The molecule has 1 fully saturated rings. The average Bonchev–Trinajstić information content (AvgIpc) is 3.09. The van der Waals surface area contributed by atoms with Gasteiger partial charge < -0.3 is 5.11 Å². The van der Waals surface area contributed by atoms with Crippen molar-refractivity contribution in [1.29, 1.82) is 0 Å². The first-order valence-corrected chi connectivity index (χ1v) is 7.85. The highest BCUT2D eigenvalue weighted by Gasteiger charge is 2.34. The van der Waals surface area contributed by atoms with Crippen molar-refractivity contribution in [3.05, 3.63) is 53.4 Å². The van der Waals surface area contributed by atoms with Gasteiger partial charge in [-0.15, -0.1) is 0 Å². The summed E-state index contributed by atoms with van der Waals surface area (Å²) in [4.78, 5) is 1.95. The SMILES string of the molecule is CC(C)n1ccc(CN2CC(O)CC2c2cc(F)ccc2F)n1. The van der Waals surface area contributed by atoms with Crippen LogP contribution in [0.5, 0.6) is 0 Å². The third kappa shape index (κ3) is 3.43. The second-order valence-electron chi connectivity index (χ2n) is 6.38. The number of aromatic nitrogens is 2. The fraction of sp³-hybridized carbons (Fsp3) is 0.471. The summed E-state index contributed by atoms with van der Waals surface area (Å²) < 4.78 is 29.4. The lowest BCUT2D eigenvalue weighted by Gasteiger charge is -2.24. The molecule has 2 heterocycles. The Morgan fingerprint density at radius 3 is 2.78 bits per heavy atom. The van der Waals surface area contributed by atoms with Gasteiger partial charge in [-0.25, -0.2) is 8.78 Å². The Morgan fingerprint density at radius 1 is 1.30 bits per heavy atom. The van der Waals surface area contributed by atoms with Gasteiger partial charge in [0.2, 0.25) is 0 Å². The van der Waals surface area contributed by atoms with Crippen LogP contribution in [0.4, 0.5) is 8.78 Å². The first-order valence-electron chi connectivity index (χ1n) is 7.85. The summed E-state index contributed by atoms with van der Waals surface area (Å²) in [5.41, 5.74) is 1.15. The Bertz CT molecular complexity index is 686. The molecule has 3 rings (SSSR count). The molecule has 0 saturated carbocycles. The molecule has 2 aromatic rings. The van der Waals surface area contributed by atoms with Crippen LogP contribution in [0.25, 0.3) is 0 Å². The molecular formula is C17H21F2N3O. The van der Waals surface area contributed by atoms with Crippen molar-refractivity contribution >= 4 is 0 Å². The minimum absolute atomic E-state index is 0.268. The zero-order valence-electron chi connectivity index (χ0n) is 13.3. The van der Waals surface area contributed by atoms with Gasteiger partial charge in [-0.3, -0.25) is 9.58 Å². The number of benzene rings is 1. The van der Waals surface area contributed by atoms with E-state index in [2.05, 4.69) is 5.10 Å². The monoisotopic (exact) mass is 321 g/mol. The van der Waals surface area contributed by atoms with Gasteiger partial charge in [-0.2, -0.15) is 5.10 Å². The summed E-state index contributed by atoms with van der Waals surface area (Å²) in [6.45, 7) is 5.01. The molecule has 1 aromatic heterocycles. The molecule has 23 heavy (non-hydrogen) atoms. The fourth-order valence-corrected chi connectivity index (χ4v) is 3.11. The van der Waals surface area contributed by atoms with Crippen LogP contribution in [0.15, 0.2) is 30.5 Å². The number of β-amino-alcohol motifs (C(OH)–C–C–N with tert-alkyl or cyclic N) is 1. The van der Waals surface area contributed by atoms with Crippen LogP contribution in [0.1, 0.15) is 43.6 Å². The highest BCUT2D eigenvalue weighted by atomic mass is 19.1. The molecule has 6 heteroatoms. The number of aliphatic hydroxyl groups is 1. The van der Waals surface area contributed by atoms with E-state index < -0.39 is 17.7 Å². The summed E-state index contributed by atoms with van der Waals surface area (Å²) in [6.07, 6.45) is 1.75. The van der Waals surface area contributed by atoms with Gasteiger partial charge in [0.15, 0.2) is 0 Å². The molecule has 1 saturated heterocycles. The predicted molar refractivity (Wildman–Crippen MR) is 82.7 cm³/mol. The lowest BCUT2D eigenvalue weighted by molar-refractivity contribution is 0.171. The molecule has 4 nitrogen and oxygen atoms in total. The van der Waals surface area contributed by atoms with Crippen LogP contribution in [-0.2, 0) is 6.54 Å². The Balaban J connectivity index is 1.83. The lowest BCUT2D eigenvalue weighted by Crippen LogP contribution is -2.25. The van der Waals surface area contributed by atoms with Crippen molar-refractivity contribution in [3.63, 3.8) is 0 Å². The second-order valence-corrected chi connectivity index (χ2v) is 6.38. The molecule has 0 spiro atoms. The third-order valence-electron chi connectivity index (χ3n) is 4.26. The largest absolute Gasteiger partial charge is 0.392 e. The van der Waals surface area contributed by atoms with Gasteiger partial charge in [0.05, 0.1) is 11.8 Å². The highest BCUT2D eigenvalue weighted by molar-refractivity contribution is 5.24. The first-order chi connectivity index (χ1) is 10.9. The lowest BCUT2D eigenvalue weighted by atomic mass is 10.0. The van der Waals surface area contributed by atoms with E-state index in [1.54, 1.807) is 0 Å². The molecule has 1 aromatic carbocycles. The molecular weight excluding hydrogens is 300 g/mol. The van der Waals surface area contributed by atoms with E-state index in [1.807, 2.05) is 35.7 Å². The Hall–Kier alpha value is -1.79. The van der Waals surface area contributed by atoms with Crippen LogP contribution >= 0.6 is 0 Å². The maximum atomic E-state index is 14.1. The summed E-state index contributed by atoms with van der Waals surface area (Å²) in [5, 5.41) is 14.5. The van der Waals surface area contributed by atoms with Crippen molar-refractivity contribution in [1.82, 2.24) is 14.7 Å². The maximum absolute atomic E-state index is 14.1. The smallest absolute Gasteiger partial charge is 0.128 e. The zero-order valence-corrected chi connectivity index (χ0v) is 13.3. The van der Waals surface area contributed by atoms with Gasteiger partial charge in [0.25, 0.3) is 0 Å². The van der Waals surface area contributed by atoms with E-state index in [4.69, 9.17) is 0 Å². The Labute approximate surface area is 134 Å². The van der Waals surface area contributed by atoms with E-state index >= 15 is 0 Å². The number of nitrogens with zero attached hydrogens (tertiary/aromatic N) is 3. The zero-order chi connectivity index (χ0) is 16.6. The molecule has 0 bridgehead atoms. The van der Waals surface area contributed by atoms with E-state index in [0.717, 1.165) is 17.8 Å². The molecule has 0 radical (unpaired) electrons. The van der Waals surface area contributed by atoms with Crippen molar-refractivity contribution < 1.29 is 13.9 Å². The molecule has 0 amide bonds. The van der Waals surface area contributed by atoms with Gasteiger partial charge in [-0.1, -0.05) is 0 Å². The number of rotatable bonds is 4. The standard InChI is InChI=1S/C17H21F2N3O/c1-11(2)22-6-5-13(20-22)9-21-10-14(23)8-17(21)15-7-12(18)3-4-16(15)19/h3-7,11,14,17,23H,8-10H2,1-2H3. The predicted octanol–water partition coefficient (Wildman–Crippen LogP) is 3.05. The van der Waals surface area contributed by atoms with Crippen LogP contribution in [0, 0.1) is 11.6 Å². The second kappa shape index (κ2) is 6.37. The van der Waals surface area contributed by atoms with Crippen LogP contribution < -0.4 is 0 Å². The summed E-state index contributed by atoms with van der Waals surface area (Å²) in [6, 6.07) is 5.32. The van der Waals surface area contributed by atoms with E-state index in [1.165, 1.54) is 6.07 Å². The van der Waals surface area contributed by atoms with Crippen molar-refractivity contribution in [2.24, 2.45) is 0 Å². The topological polar surface area (TPSA) is 41.3 Å². The summed E-state index contributed by atoms with van der Waals surface area (Å²) in [5.74, 6) is -0.907. The quantitative estimate of drug-likeness (QED) is 0.941. The van der Waals surface area contributed by atoms with E-state index in [-0.39, 0.29) is 12.1 Å². The molecule has 2 atom stereocenters. The Morgan fingerprint density at radius 2 is 2.09 bits per heavy atom. The van der Waals surface area contributed by atoms with Gasteiger partial charge in [0.1, 0.15) is 11.6 Å². The maximum Gasteiger partial charge on any atom is 0.128 e. The van der Waals surface area contributed by atoms with Gasteiger partial charge >= 0.3 is 0 Å². The summed E-state index contributed by atoms with van der Waals surface area (Å²) >= 11 is 0. The number of halogens is 2. The number of aliphatic hydroxyl groups excluding tert-OH is 1. The molecule has 124 valence electrons. The van der Waals surface area contributed by atoms with Crippen LogP contribution in [-0.4, -0.2) is 32.4 Å². The minimum atomic E-state index is -0.546. The molecule has 0 aliphatic carbocycles. The van der Waals surface area contributed by atoms with Gasteiger partial charge in [0, 0.05) is 36.9 Å². The summed E-state index contributed by atoms with van der Waals surface area (Å²) in [7, 11) is 0. The molecule has 1 aliphatic rings. The van der Waals surface area contributed by atoms with Crippen molar-refractivity contribution in [2.45, 2.75) is 45.0 Å². The van der Waals surface area contributed by atoms with Crippen LogP contribution in [0.2, 0.25) is 0 Å². The molecule has 2 unspecified atom stereocenters. The highest BCUT2D eigenvalue weighted by Crippen LogP contribution is 2.35. The van der Waals surface area contributed by atoms with Crippen molar-refractivity contribution in [2.75, 3.05) is 6.54 Å². The number of hydrogen-bond acceptors (Lipinski definition) is 3. The number of likely N-dealkylation sites (tertiary alicyclic amines) is 1. The van der Waals surface area contributed by atoms with E-state index in [9.17, 15) is 13.9 Å². The molecule has 1 aliphatic heterocycles. The fourth-order valence-electron chi connectivity index (χ4n) is 3.11. The van der Waals surface area contributed by atoms with Crippen molar-refractivity contribution in [3.8, 4) is 0 Å². The van der Waals surface area contributed by atoms with Crippen LogP contribution in [0.3, 0.4) is 0 Å². The molecule has 1 N–H and O–H groups in total. The normalized spacial score (nSPS) is 22.2. The third-order valence-corrected chi connectivity index (χ3v) is 4.26. The number of hydrogen-bond donors (Lipinski definition) is 1.